The Bertz CT molecular complexity index is 555. The molecule has 1 N–H and O–H groups in total. The third-order valence-electron chi connectivity index (χ3n) is 3.38. The van der Waals surface area contributed by atoms with E-state index in [1.165, 1.54) is 0 Å². The largest absolute Gasteiger partial charge is 0.390 e. The number of tetrazole rings is 1. The number of β-amino-alcohol motifs (C(OH)–C–C–N with tert-alkyl or cyclic N) is 1. The van der Waals surface area contributed by atoms with Crippen molar-refractivity contribution in [3.8, 4) is 11.5 Å². The molecule has 2 aromatic rings. The number of aromatic nitrogens is 5. The van der Waals surface area contributed by atoms with Crippen molar-refractivity contribution in [2.75, 3.05) is 32.8 Å². The van der Waals surface area contributed by atoms with E-state index >= 15 is 0 Å². The molecule has 21 heavy (non-hydrogen) atoms. The smallest absolute Gasteiger partial charge is 0.200 e. The molecule has 0 saturated carbocycles. The number of morpholine rings is 1. The zero-order valence-corrected chi connectivity index (χ0v) is 11.7. The molecule has 1 unspecified atom stereocenters. The van der Waals surface area contributed by atoms with Gasteiger partial charge in [-0.3, -0.25) is 9.88 Å². The molecule has 1 atom stereocenters. The average molecular weight is 290 g/mol. The lowest BCUT2D eigenvalue weighted by Crippen LogP contribution is -2.42. The summed E-state index contributed by atoms with van der Waals surface area (Å²) in [6.07, 6.45) is 1.16. The Balaban J connectivity index is 1.64. The van der Waals surface area contributed by atoms with Gasteiger partial charge in [-0.15, -0.1) is 5.10 Å². The molecule has 1 aliphatic heterocycles. The third-order valence-corrected chi connectivity index (χ3v) is 3.38. The lowest BCUT2D eigenvalue weighted by molar-refractivity contribution is 0.0108. The van der Waals surface area contributed by atoms with Crippen LogP contribution in [0.1, 0.15) is 0 Å². The Kier molecular flexibility index (Phi) is 4.49. The maximum absolute atomic E-state index is 10.2. The van der Waals surface area contributed by atoms with Crippen LogP contribution in [0, 0.1) is 0 Å². The molecular formula is C13H18N6O2. The number of nitrogens with zero attached hydrogens (tertiary/aromatic N) is 6. The van der Waals surface area contributed by atoms with Gasteiger partial charge in [0, 0.05) is 25.8 Å². The summed E-state index contributed by atoms with van der Waals surface area (Å²) in [4.78, 5) is 6.41. The second-order valence-electron chi connectivity index (χ2n) is 4.97. The van der Waals surface area contributed by atoms with E-state index in [0.29, 0.717) is 24.6 Å². The fourth-order valence-corrected chi connectivity index (χ4v) is 2.35. The summed E-state index contributed by atoms with van der Waals surface area (Å²) >= 11 is 0. The van der Waals surface area contributed by atoms with Gasteiger partial charge in [0.1, 0.15) is 5.69 Å². The van der Waals surface area contributed by atoms with E-state index in [0.717, 1.165) is 26.3 Å². The van der Waals surface area contributed by atoms with Crippen LogP contribution in [0.4, 0.5) is 0 Å². The van der Waals surface area contributed by atoms with Crippen molar-refractivity contribution in [2.45, 2.75) is 12.6 Å². The molecule has 0 radical (unpaired) electrons. The SMILES string of the molecule is OC(CN1CCOCC1)Cn1nnnc1-c1ccccn1. The van der Waals surface area contributed by atoms with Crippen LogP contribution >= 0.6 is 0 Å². The van der Waals surface area contributed by atoms with Gasteiger partial charge in [-0.25, -0.2) is 4.68 Å². The van der Waals surface area contributed by atoms with E-state index in [1.807, 2.05) is 18.2 Å². The second-order valence-corrected chi connectivity index (χ2v) is 4.97. The summed E-state index contributed by atoms with van der Waals surface area (Å²) in [5.41, 5.74) is 0.695. The van der Waals surface area contributed by atoms with Crippen molar-refractivity contribution >= 4 is 0 Å². The van der Waals surface area contributed by atoms with Crippen molar-refractivity contribution in [1.29, 1.82) is 0 Å². The minimum Gasteiger partial charge on any atom is -0.390 e. The predicted octanol–water partition coefficient (Wildman–Crippen LogP) is -0.572. The summed E-state index contributed by atoms with van der Waals surface area (Å²) in [6.45, 7) is 4.06. The number of hydrogen-bond donors (Lipinski definition) is 1. The highest BCUT2D eigenvalue weighted by atomic mass is 16.5. The van der Waals surface area contributed by atoms with Crippen LogP contribution in [0.5, 0.6) is 0 Å². The van der Waals surface area contributed by atoms with E-state index in [1.54, 1.807) is 10.9 Å². The normalized spacial score (nSPS) is 17.8. The van der Waals surface area contributed by atoms with E-state index in [4.69, 9.17) is 4.74 Å². The Labute approximate surface area is 122 Å². The highest BCUT2D eigenvalue weighted by Crippen LogP contribution is 2.12. The van der Waals surface area contributed by atoms with Gasteiger partial charge in [-0.2, -0.15) is 0 Å². The first-order valence-corrected chi connectivity index (χ1v) is 6.98. The molecule has 8 nitrogen and oxygen atoms in total. The van der Waals surface area contributed by atoms with Gasteiger partial charge in [0.05, 0.1) is 25.9 Å². The fraction of sp³-hybridized carbons (Fsp3) is 0.538. The standard InChI is InChI=1S/C13H18N6O2/c20-11(9-18-5-7-21-8-6-18)10-19-13(15-16-17-19)12-3-1-2-4-14-12/h1-4,11,20H,5-10H2. The molecule has 3 heterocycles. The Hall–Kier alpha value is -1.90. The predicted molar refractivity (Wildman–Crippen MR) is 74.3 cm³/mol. The van der Waals surface area contributed by atoms with Gasteiger partial charge in [0.25, 0.3) is 0 Å². The first kappa shape index (κ1) is 14.1. The minimum atomic E-state index is -0.533. The van der Waals surface area contributed by atoms with E-state index in [9.17, 15) is 5.11 Å². The first-order chi connectivity index (χ1) is 10.3. The highest BCUT2D eigenvalue weighted by Gasteiger charge is 2.18. The maximum atomic E-state index is 10.2. The molecule has 0 aliphatic carbocycles. The monoisotopic (exact) mass is 290 g/mol. The van der Waals surface area contributed by atoms with Crippen LogP contribution in [0.3, 0.4) is 0 Å². The molecule has 0 amide bonds. The Morgan fingerprint density at radius 2 is 2.10 bits per heavy atom. The quantitative estimate of drug-likeness (QED) is 0.788. The van der Waals surface area contributed by atoms with Crippen LogP contribution in [-0.2, 0) is 11.3 Å². The molecule has 2 aromatic heterocycles. The lowest BCUT2D eigenvalue weighted by Gasteiger charge is -2.28. The topological polar surface area (TPSA) is 89.2 Å². The van der Waals surface area contributed by atoms with Gasteiger partial charge in [-0.05, 0) is 22.6 Å². The van der Waals surface area contributed by atoms with Gasteiger partial charge < -0.3 is 9.84 Å². The molecule has 3 rings (SSSR count). The Morgan fingerprint density at radius 3 is 2.86 bits per heavy atom. The molecule has 1 aliphatic rings. The average Bonchev–Trinajstić information content (AvgIpc) is 2.97. The lowest BCUT2D eigenvalue weighted by atomic mass is 10.3. The fourth-order valence-electron chi connectivity index (χ4n) is 2.35. The Morgan fingerprint density at radius 1 is 1.24 bits per heavy atom. The van der Waals surface area contributed by atoms with Gasteiger partial charge in [0.15, 0.2) is 0 Å². The maximum Gasteiger partial charge on any atom is 0.200 e. The van der Waals surface area contributed by atoms with Crippen LogP contribution in [-0.4, -0.2) is 74.1 Å². The van der Waals surface area contributed by atoms with Crippen LogP contribution < -0.4 is 0 Å². The van der Waals surface area contributed by atoms with E-state index < -0.39 is 6.10 Å². The first-order valence-electron chi connectivity index (χ1n) is 6.98. The molecule has 0 spiro atoms. The van der Waals surface area contributed by atoms with E-state index in [-0.39, 0.29) is 0 Å². The number of pyridine rings is 1. The van der Waals surface area contributed by atoms with Gasteiger partial charge in [-0.1, -0.05) is 6.07 Å². The van der Waals surface area contributed by atoms with E-state index in [2.05, 4.69) is 25.4 Å². The van der Waals surface area contributed by atoms with Crippen LogP contribution in [0.2, 0.25) is 0 Å². The number of hydrogen-bond acceptors (Lipinski definition) is 7. The number of ether oxygens (including phenoxy) is 1. The summed E-state index contributed by atoms with van der Waals surface area (Å²) in [7, 11) is 0. The highest BCUT2D eigenvalue weighted by molar-refractivity contribution is 5.47. The molecule has 112 valence electrons. The molecule has 1 fully saturated rings. The van der Waals surface area contributed by atoms with Crippen molar-refractivity contribution in [3.63, 3.8) is 0 Å². The molecule has 0 bridgehead atoms. The van der Waals surface area contributed by atoms with Crippen molar-refractivity contribution < 1.29 is 9.84 Å². The zero-order valence-electron chi connectivity index (χ0n) is 11.7. The van der Waals surface area contributed by atoms with Gasteiger partial charge in [0.2, 0.25) is 5.82 Å². The number of aliphatic hydroxyl groups is 1. The summed E-state index contributed by atoms with van der Waals surface area (Å²) in [5.74, 6) is 0.566. The number of aliphatic hydroxyl groups excluding tert-OH is 1. The summed E-state index contributed by atoms with van der Waals surface area (Å²) in [6, 6.07) is 5.56. The second kappa shape index (κ2) is 6.70. The van der Waals surface area contributed by atoms with Crippen molar-refractivity contribution in [1.82, 2.24) is 30.1 Å². The number of rotatable bonds is 5. The third kappa shape index (κ3) is 3.60. The molecule has 0 aromatic carbocycles. The van der Waals surface area contributed by atoms with Crippen molar-refractivity contribution in [3.05, 3.63) is 24.4 Å². The zero-order chi connectivity index (χ0) is 14.5. The van der Waals surface area contributed by atoms with Gasteiger partial charge >= 0.3 is 0 Å². The van der Waals surface area contributed by atoms with Crippen LogP contribution in [0.15, 0.2) is 24.4 Å². The molecule has 8 heteroatoms. The summed E-state index contributed by atoms with van der Waals surface area (Å²) < 4.78 is 6.89. The van der Waals surface area contributed by atoms with Crippen LogP contribution in [0.25, 0.3) is 11.5 Å². The van der Waals surface area contributed by atoms with Crippen molar-refractivity contribution in [2.24, 2.45) is 0 Å². The summed E-state index contributed by atoms with van der Waals surface area (Å²) in [5, 5.41) is 21.8. The minimum absolute atomic E-state index is 0.344. The molecule has 1 saturated heterocycles. The molecular weight excluding hydrogens is 272 g/mol.